The zero-order chi connectivity index (χ0) is 10.7. The highest BCUT2D eigenvalue weighted by Gasteiger charge is 2.09. The highest BCUT2D eigenvalue weighted by molar-refractivity contribution is 7.07. The van der Waals surface area contributed by atoms with Crippen molar-refractivity contribution in [1.29, 1.82) is 0 Å². The zero-order valence-corrected chi connectivity index (χ0v) is 9.64. The summed E-state index contributed by atoms with van der Waals surface area (Å²) < 4.78 is 0. The van der Waals surface area contributed by atoms with Gasteiger partial charge in [-0.3, -0.25) is 5.10 Å². The second-order valence-corrected chi connectivity index (χ2v) is 4.25. The lowest BCUT2D eigenvalue weighted by Crippen LogP contribution is -2.18. The summed E-state index contributed by atoms with van der Waals surface area (Å²) in [6, 6.07) is 0.297. The molecule has 0 saturated carbocycles. The molecular formula is C10H14N4S. The Balaban J connectivity index is 1.93. The lowest BCUT2D eigenvalue weighted by molar-refractivity contribution is 0.567. The van der Waals surface area contributed by atoms with Gasteiger partial charge in [0.1, 0.15) is 0 Å². The maximum absolute atomic E-state index is 4.22. The van der Waals surface area contributed by atoms with E-state index in [1.54, 1.807) is 11.3 Å². The van der Waals surface area contributed by atoms with Crippen molar-refractivity contribution in [3.63, 3.8) is 0 Å². The number of rotatable bonds is 4. The molecule has 2 rings (SSSR count). The monoisotopic (exact) mass is 222 g/mol. The highest BCUT2D eigenvalue weighted by atomic mass is 32.1. The smallest absolute Gasteiger partial charge is 0.0795 e. The quantitative estimate of drug-likeness (QED) is 0.832. The Kier molecular flexibility index (Phi) is 3.13. The van der Waals surface area contributed by atoms with E-state index in [9.17, 15) is 0 Å². The summed E-state index contributed by atoms with van der Waals surface area (Å²) in [7, 11) is 0. The molecule has 1 unspecified atom stereocenters. The normalized spacial score (nSPS) is 12.9. The van der Waals surface area contributed by atoms with E-state index in [0.717, 1.165) is 17.9 Å². The molecule has 5 heteroatoms. The van der Waals surface area contributed by atoms with Crippen LogP contribution in [0.15, 0.2) is 17.1 Å². The lowest BCUT2D eigenvalue weighted by Gasteiger charge is -2.11. The van der Waals surface area contributed by atoms with Gasteiger partial charge in [-0.05, 0) is 13.8 Å². The van der Waals surface area contributed by atoms with Crippen molar-refractivity contribution in [3.8, 4) is 0 Å². The average molecular weight is 222 g/mol. The van der Waals surface area contributed by atoms with E-state index < -0.39 is 0 Å². The molecular weight excluding hydrogens is 208 g/mol. The summed E-state index contributed by atoms with van der Waals surface area (Å²) in [6.45, 7) is 4.96. The predicted octanol–water partition coefficient (Wildman–Crippen LogP) is 2.03. The van der Waals surface area contributed by atoms with Gasteiger partial charge < -0.3 is 5.32 Å². The topological polar surface area (TPSA) is 53.6 Å². The number of thiazole rings is 1. The molecule has 0 aliphatic rings. The fraction of sp³-hybridized carbons (Fsp3) is 0.400. The van der Waals surface area contributed by atoms with Crippen molar-refractivity contribution in [2.45, 2.75) is 26.4 Å². The first-order chi connectivity index (χ1) is 7.27. The van der Waals surface area contributed by atoms with Gasteiger partial charge >= 0.3 is 0 Å². The first-order valence-electron chi connectivity index (χ1n) is 4.87. The fourth-order valence-corrected chi connectivity index (χ4v) is 2.05. The first kappa shape index (κ1) is 10.3. The molecule has 0 fully saturated rings. The van der Waals surface area contributed by atoms with Crippen LogP contribution in [0.25, 0.3) is 0 Å². The molecule has 0 spiro atoms. The zero-order valence-electron chi connectivity index (χ0n) is 8.82. The minimum Gasteiger partial charge on any atom is -0.304 e. The third-order valence-corrected chi connectivity index (χ3v) is 3.04. The molecule has 0 aromatic carbocycles. The summed E-state index contributed by atoms with van der Waals surface area (Å²) in [5.74, 6) is 0. The first-order valence-corrected chi connectivity index (χ1v) is 5.82. The summed E-state index contributed by atoms with van der Waals surface area (Å²) in [5, 5.41) is 12.4. The molecule has 0 aliphatic heterocycles. The molecule has 4 nitrogen and oxygen atoms in total. The molecule has 2 heterocycles. The van der Waals surface area contributed by atoms with Crippen molar-refractivity contribution in [2.24, 2.45) is 0 Å². The van der Waals surface area contributed by atoms with Crippen LogP contribution in [0, 0.1) is 6.92 Å². The number of nitrogens with one attached hydrogen (secondary N) is 2. The maximum Gasteiger partial charge on any atom is 0.0795 e. The van der Waals surface area contributed by atoms with E-state index in [-0.39, 0.29) is 0 Å². The number of hydrogen-bond acceptors (Lipinski definition) is 4. The summed E-state index contributed by atoms with van der Waals surface area (Å²) in [4.78, 5) is 4.22. The molecule has 0 saturated heterocycles. The van der Waals surface area contributed by atoms with Gasteiger partial charge in [-0.25, -0.2) is 4.98 Å². The molecule has 2 aromatic rings. The molecule has 80 valence electrons. The summed E-state index contributed by atoms with van der Waals surface area (Å²) in [5.41, 5.74) is 5.27. The van der Waals surface area contributed by atoms with Crippen LogP contribution < -0.4 is 5.32 Å². The number of aromatic nitrogens is 3. The Bertz CT molecular complexity index is 407. The molecule has 15 heavy (non-hydrogen) atoms. The third-order valence-electron chi connectivity index (χ3n) is 2.41. The van der Waals surface area contributed by atoms with Crippen LogP contribution in [0.1, 0.15) is 29.9 Å². The van der Waals surface area contributed by atoms with Crippen LogP contribution in [0.2, 0.25) is 0 Å². The van der Waals surface area contributed by atoms with E-state index in [4.69, 9.17) is 0 Å². The van der Waals surface area contributed by atoms with Gasteiger partial charge in [0, 0.05) is 29.2 Å². The number of H-pyrrole nitrogens is 1. The molecule has 2 aromatic heterocycles. The molecule has 0 radical (unpaired) electrons. The van der Waals surface area contributed by atoms with Crippen molar-refractivity contribution in [2.75, 3.05) is 0 Å². The molecule has 1 atom stereocenters. The van der Waals surface area contributed by atoms with Crippen LogP contribution in [-0.4, -0.2) is 15.2 Å². The van der Waals surface area contributed by atoms with Gasteiger partial charge in [0.05, 0.1) is 17.4 Å². The van der Waals surface area contributed by atoms with Crippen LogP contribution in [-0.2, 0) is 6.54 Å². The van der Waals surface area contributed by atoms with Crippen LogP contribution in [0.4, 0.5) is 0 Å². The second-order valence-electron chi connectivity index (χ2n) is 3.53. The number of nitrogens with zero attached hydrogens (tertiary/aromatic N) is 2. The average Bonchev–Trinajstić information content (AvgIpc) is 2.84. The SMILES string of the molecule is Cc1[nH]ncc1C(C)NCc1cscn1. The van der Waals surface area contributed by atoms with Gasteiger partial charge in [-0.1, -0.05) is 0 Å². The number of aryl methyl sites for hydroxylation is 1. The lowest BCUT2D eigenvalue weighted by atomic mass is 10.1. The van der Waals surface area contributed by atoms with Gasteiger partial charge in [0.15, 0.2) is 0 Å². The van der Waals surface area contributed by atoms with E-state index in [2.05, 4.69) is 32.8 Å². The van der Waals surface area contributed by atoms with Gasteiger partial charge in [-0.2, -0.15) is 5.10 Å². The summed E-state index contributed by atoms with van der Waals surface area (Å²) in [6.07, 6.45) is 1.87. The van der Waals surface area contributed by atoms with Crippen LogP contribution in [0.5, 0.6) is 0 Å². The Morgan fingerprint density at radius 3 is 3.07 bits per heavy atom. The van der Waals surface area contributed by atoms with E-state index in [1.165, 1.54) is 5.56 Å². The molecule has 0 bridgehead atoms. The van der Waals surface area contributed by atoms with E-state index in [0.29, 0.717) is 6.04 Å². The maximum atomic E-state index is 4.22. The molecule has 2 N–H and O–H groups in total. The molecule has 0 amide bonds. The minimum absolute atomic E-state index is 0.297. The van der Waals surface area contributed by atoms with Crippen molar-refractivity contribution >= 4 is 11.3 Å². The fourth-order valence-electron chi connectivity index (χ4n) is 1.49. The standard InChI is InChI=1S/C10H14N4S/c1-7(10-4-13-14-8(10)2)11-3-9-5-15-6-12-9/h4-7,11H,3H2,1-2H3,(H,13,14). The van der Waals surface area contributed by atoms with Gasteiger partial charge in [-0.15, -0.1) is 11.3 Å². The Morgan fingerprint density at radius 2 is 2.47 bits per heavy atom. The second kappa shape index (κ2) is 4.55. The molecule has 0 aliphatic carbocycles. The van der Waals surface area contributed by atoms with E-state index in [1.807, 2.05) is 18.6 Å². The van der Waals surface area contributed by atoms with Gasteiger partial charge in [0.25, 0.3) is 0 Å². The summed E-state index contributed by atoms with van der Waals surface area (Å²) >= 11 is 1.62. The van der Waals surface area contributed by atoms with E-state index >= 15 is 0 Å². The number of hydrogen-bond donors (Lipinski definition) is 2. The Morgan fingerprint density at radius 1 is 1.60 bits per heavy atom. The van der Waals surface area contributed by atoms with Crippen molar-refractivity contribution in [1.82, 2.24) is 20.5 Å². The number of aromatic amines is 1. The highest BCUT2D eigenvalue weighted by Crippen LogP contribution is 2.14. The van der Waals surface area contributed by atoms with Crippen LogP contribution in [0.3, 0.4) is 0 Å². The Hall–Kier alpha value is -1.20. The third kappa shape index (κ3) is 2.43. The van der Waals surface area contributed by atoms with Crippen molar-refractivity contribution < 1.29 is 0 Å². The minimum atomic E-state index is 0.297. The largest absolute Gasteiger partial charge is 0.304 e. The van der Waals surface area contributed by atoms with Crippen molar-refractivity contribution in [3.05, 3.63) is 34.0 Å². The van der Waals surface area contributed by atoms with Gasteiger partial charge in [0.2, 0.25) is 0 Å². The predicted molar refractivity (Wildman–Crippen MR) is 60.7 cm³/mol. The Labute approximate surface area is 92.8 Å². The van der Waals surface area contributed by atoms with Crippen LogP contribution >= 0.6 is 11.3 Å².